The van der Waals surface area contributed by atoms with Crippen molar-refractivity contribution in [1.82, 2.24) is 4.98 Å². The van der Waals surface area contributed by atoms with Crippen LogP contribution in [-0.4, -0.2) is 31.3 Å². The van der Waals surface area contributed by atoms with Crippen molar-refractivity contribution in [2.45, 2.75) is 13.8 Å². The summed E-state index contributed by atoms with van der Waals surface area (Å²) < 4.78 is 10.8. The Labute approximate surface area is 146 Å². The van der Waals surface area contributed by atoms with Gasteiger partial charge in [-0.05, 0) is 44.2 Å². The fraction of sp³-hybridized carbons (Fsp3) is 0.263. The Morgan fingerprint density at radius 3 is 2.56 bits per heavy atom. The highest BCUT2D eigenvalue weighted by molar-refractivity contribution is 6.04. The molecule has 0 bridgehead atoms. The molecule has 0 saturated heterocycles. The van der Waals surface area contributed by atoms with Crippen molar-refractivity contribution in [3.05, 3.63) is 42.7 Å². The zero-order valence-electron chi connectivity index (χ0n) is 14.6. The molecular formula is C19H21N3O3. The minimum atomic E-state index is -0.529. The van der Waals surface area contributed by atoms with Crippen LogP contribution < -0.4 is 10.2 Å². The summed E-state index contributed by atoms with van der Waals surface area (Å²) in [6, 6.07) is 9.62. The maximum Gasteiger partial charge on any atom is 0.411 e. The SMILES string of the molecule is CCN(CC)c1ccc(NC(=O)OC)c2oc(-c3ccncc3)cc12. The zero-order chi connectivity index (χ0) is 17.8. The van der Waals surface area contributed by atoms with E-state index in [2.05, 4.69) is 29.0 Å². The fourth-order valence-electron chi connectivity index (χ4n) is 2.87. The van der Waals surface area contributed by atoms with Crippen molar-refractivity contribution in [1.29, 1.82) is 0 Å². The van der Waals surface area contributed by atoms with Crippen molar-refractivity contribution in [3.63, 3.8) is 0 Å². The van der Waals surface area contributed by atoms with Gasteiger partial charge in [-0.1, -0.05) is 0 Å². The summed E-state index contributed by atoms with van der Waals surface area (Å²) in [5.41, 5.74) is 3.21. The first-order chi connectivity index (χ1) is 12.2. The molecular weight excluding hydrogens is 318 g/mol. The number of nitrogens with zero attached hydrogens (tertiary/aromatic N) is 2. The van der Waals surface area contributed by atoms with Crippen LogP contribution in [0.5, 0.6) is 0 Å². The standard InChI is InChI=1S/C19H21N3O3/c1-4-22(5-2)16-7-6-15(21-19(23)24-3)18-14(16)12-17(25-18)13-8-10-20-11-9-13/h6-12H,4-5H2,1-3H3,(H,21,23). The first-order valence-corrected chi connectivity index (χ1v) is 8.24. The number of pyridine rings is 1. The summed E-state index contributed by atoms with van der Waals surface area (Å²) >= 11 is 0. The Morgan fingerprint density at radius 1 is 1.20 bits per heavy atom. The lowest BCUT2D eigenvalue weighted by Crippen LogP contribution is -2.22. The molecule has 0 atom stereocenters. The van der Waals surface area contributed by atoms with Gasteiger partial charge >= 0.3 is 6.09 Å². The van der Waals surface area contributed by atoms with Gasteiger partial charge in [0, 0.05) is 42.1 Å². The molecule has 0 spiro atoms. The Bertz CT molecular complexity index is 870. The molecule has 1 amide bonds. The van der Waals surface area contributed by atoms with Gasteiger partial charge in [0.15, 0.2) is 5.58 Å². The topological polar surface area (TPSA) is 67.6 Å². The highest BCUT2D eigenvalue weighted by Crippen LogP contribution is 2.38. The molecule has 0 unspecified atom stereocenters. The van der Waals surface area contributed by atoms with E-state index < -0.39 is 6.09 Å². The van der Waals surface area contributed by atoms with Crippen molar-refractivity contribution in [2.75, 3.05) is 30.4 Å². The molecule has 1 aromatic carbocycles. The summed E-state index contributed by atoms with van der Waals surface area (Å²) in [4.78, 5) is 17.9. The minimum Gasteiger partial charge on any atom is -0.454 e. The maximum atomic E-state index is 11.6. The normalized spacial score (nSPS) is 10.7. The van der Waals surface area contributed by atoms with Gasteiger partial charge in [0.05, 0.1) is 12.8 Å². The lowest BCUT2D eigenvalue weighted by atomic mass is 10.1. The van der Waals surface area contributed by atoms with Gasteiger partial charge < -0.3 is 14.1 Å². The van der Waals surface area contributed by atoms with Gasteiger partial charge in [-0.25, -0.2) is 4.79 Å². The summed E-state index contributed by atoms with van der Waals surface area (Å²) in [6.07, 6.45) is 2.92. The van der Waals surface area contributed by atoms with Crippen LogP contribution in [0.1, 0.15) is 13.8 Å². The molecule has 2 heterocycles. The predicted octanol–water partition coefficient (Wildman–Crippen LogP) is 4.52. The number of hydrogen-bond donors (Lipinski definition) is 1. The number of carbonyl (C=O) groups excluding carboxylic acids is 1. The van der Waals surface area contributed by atoms with Crippen molar-refractivity contribution >= 4 is 28.4 Å². The van der Waals surface area contributed by atoms with Gasteiger partial charge in [0.2, 0.25) is 0 Å². The van der Waals surface area contributed by atoms with Crippen LogP contribution in [0.3, 0.4) is 0 Å². The molecule has 0 aliphatic heterocycles. The number of hydrogen-bond acceptors (Lipinski definition) is 5. The van der Waals surface area contributed by atoms with Crippen molar-refractivity contribution in [2.24, 2.45) is 0 Å². The van der Waals surface area contributed by atoms with E-state index in [4.69, 9.17) is 9.15 Å². The number of carbonyl (C=O) groups is 1. The smallest absolute Gasteiger partial charge is 0.411 e. The Balaban J connectivity index is 2.18. The van der Waals surface area contributed by atoms with E-state index in [1.165, 1.54) is 7.11 Å². The molecule has 1 N–H and O–H groups in total. The maximum absolute atomic E-state index is 11.6. The average Bonchev–Trinajstić information content (AvgIpc) is 3.10. The predicted molar refractivity (Wildman–Crippen MR) is 99.0 cm³/mol. The van der Waals surface area contributed by atoms with E-state index in [0.717, 1.165) is 35.5 Å². The number of benzene rings is 1. The van der Waals surface area contributed by atoms with Crippen LogP contribution in [0, 0.1) is 0 Å². The number of aromatic nitrogens is 1. The van der Waals surface area contributed by atoms with E-state index >= 15 is 0 Å². The Kier molecular flexibility index (Phi) is 4.88. The number of methoxy groups -OCH3 is 1. The Morgan fingerprint density at radius 2 is 1.92 bits per heavy atom. The summed E-state index contributed by atoms with van der Waals surface area (Å²) in [5.74, 6) is 0.727. The molecule has 0 fully saturated rings. The molecule has 6 heteroatoms. The second-order valence-corrected chi connectivity index (χ2v) is 5.51. The lowest BCUT2D eigenvalue weighted by molar-refractivity contribution is 0.187. The number of fused-ring (bicyclic) bond motifs is 1. The summed E-state index contributed by atoms with van der Waals surface area (Å²) in [7, 11) is 1.33. The number of anilines is 2. The van der Waals surface area contributed by atoms with Crippen LogP contribution >= 0.6 is 0 Å². The first kappa shape index (κ1) is 16.8. The van der Waals surface area contributed by atoms with E-state index in [-0.39, 0.29) is 0 Å². The minimum absolute atomic E-state index is 0.529. The average molecular weight is 339 g/mol. The molecule has 25 heavy (non-hydrogen) atoms. The van der Waals surface area contributed by atoms with Crippen LogP contribution in [0.25, 0.3) is 22.3 Å². The molecule has 130 valence electrons. The van der Waals surface area contributed by atoms with Gasteiger partial charge in [-0.15, -0.1) is 0 Å². The first-order valence-electron chi connectivity index (χ1n) is 8.24. The van der Waals surface area contributed by atoms with E-state index in [9.17, 15) is 4.79 Å². The number of nitrogens with one attached hydrogen (secondary N) is 1. The van der Waals surface area contributed by atoms with Gasteiger partial charge in [-0.3, -0.25) is 10.3 Å². The molecule has 2 aromatic heterocycles. The zero-order valence-corrected chi connectivity index (χ0v) is 14.6. The summed E-state index contributed by atoms with van der Waals surface area (Å²) in [6.45, 7) is 5.98. The molecule has 0 aliphatic rings. The molecule has 3 aromatic rings. The van der Waals surface area contributed by atoms with Crippen LogP contribution in [0.15, 0.2) is 47.1 Å². The van der Waals surface area contributed by atoms with E-state index in [1.54, 1.807) is 12.4 Å². The second kappa shape index (κ2) is 7.25. The van der Waals surface area contributed by atoms with Crippen molar-refractivity contribution < 1.29 is 13.9 Å². The molecule has 0 saturated carbocycles. The molecule has 3 rings (SSSR count). The number of furan rings is 1. The molecule has 0 radical (unpaired) electrons. The molecule has 6 nitrogen and oxygen atoms in total. The van der Waals surface area contributed by atoms with Crippen LogP contribution in [0.2, 0.25) is 0 Å². The van der Waals surface area contributed by atoms with Gasteiger partial charge in [0.25, 0.3) is 0 Å². The van der Waals surface area contributed by atoms with Gasteiger partial charge in [0.1, 0.15) is 5.76 Å². The quantitative estimate of drug-likeness (QED) is 0.740. The molecule has 0 aliphatic carbocycles. The third-order valence-corrected chi connectivity index (χ3v) is 4.15. The number of ether oxygens (including phenoxy) is 1. The third kappa shape index (κ3) is 3.28. The highest BCUT2D eigenvalue weighted by atomic mass is 16.5. The Hall–Kier alpha value is -3.02. The number of amides is 1. The highest BCUT2D eigenvalue weighted by Gasteiger charge is 2.17. The third-order valence-electron chi connectivity index (χ3n) is 4.15. The monoisotopic (exact) mass is 339 g/mol. The summed E-state index contributed by atoms with van der Waals surface area (Å²) in [5, 5.41) is 3.66. The van der Waals surface area contributed by atoms with Crippen LogP contribution in [0.4, 0.5) is 16.2 Å². The van der Waals surface area contributed by atoms with Crippen LogP contribution in [-0.2, 0) is 4.74 Å². The lowest BCUT2D eigenvalue weighted by Gasteiger charge is -2.22. The van der Waals surface area contributed by atoms with E-state index in [1.807, 2.05) is 30.3 Å². The fourth-order valence-corrected chi connectivity index (χ4v) is 2.87. The van der Waals surface area contributed by atoms with E-state index in [0.29, 0.717) is 11.3 Å². The number of rotatable bonds is 5. The van der Waals surface area contributed by atoms with Gasteiger partial charge in [-0.2, -0.15) is 0 Å². The van der Waals surface area contributed by atoms with Crippen molar-refractivity contribution in [3.8, 4) is 11.3 Å². The second-order valence-electron chi connectivity index (χ2n) is 5.51. The largest absolute Gasteiger partial charge is 0.454 e.